The average molecular weight is 523 g/mol. The molecule has 0 unspecified atom stereocenters. The first-order valence-corrected chi connectivity index (χ1v) is 13.4. The average Bonchev–Trinajstić information content (AvgIpc) is 3.13. The molecule has 2 atom stereocenters. The first-order chi connectivity index (χ1) is 16.2. The van der Waals surface area contributed by atoms with Crippen LogP contribution < -0.4 is 4.46 Å². The summed E-state index contributed by atoms with van der Waals surface area (Å²) in [5.74, 6) is -0.00916. The molecular formula is C27H28N2O4Se. The zero-order valence-corrected chi connectivity index (χ0v) is 21.3. The van der Waals surface area contributed by atoms with Crippen LogP contribution in [0.4, 0.5) is 4.79 Å². The Kier molecular flexibility index (Phi) is 5.86. The Bertz CT molecular complexity index is 1280. The molecule has 0 aliphatic carbocycles. The number of hydrogen-bond donors (Lipinski definition) is 0. The molecule has 6 nitrogen and oxygen atoms in total. The van der Waals surface area contributed by atoms with Gasteiger partial charge in [0.2, 0.25) is 0 Å². The number of aromatic nitrogens is 1. The van der Waals surface area contributed by atoms with Crippen LogP contribution in [0.5, 0.6) is 0 Å². The van der Waals surface area contributed by atoms with Gasteiger partial charge in [-0.2, -0.15) is 0 Å². The second-order valence-electron chi connectivity index (χ2n) is 9.86. The van der Waals surface area contributed by atoms with E-state index in [-0.39, 0.29) is 16.6 Å². The van der Waals surface area contributed by atoms with Crippen LogP contribution in [-0.4, -0.2) is 52.7 Å². The van der Waals surface area contributed by atoms with Gasteiger partial charge in [-0.3, -0.25) is 0 Å². The van der Waals surface area contributed by atoms with E-state index >= 15 is 0 Å². The molecule has 0 radical (unpaired) electrons. The van der Waals surface area contributed by atoms with Gasteiger partial charge in [0, 0.05) is 0 Å². The fraction of sp³-hybridized carbons (Fsp3) is 0.370. The number of ether oxygens (including phenoxy) is 1. The predicted molar refractivity (Wildman–Crippen MR) is 131 cm³/mol. The first kappa shape index (κ1) is 22.9. The van der Waals surface area contributed by atoms with Gasteiger partial charge in [0.1, 0.15) is 0 Å². The van der Waals surface area contributed by atoms with Crippen LogP contribution in [-0.2, 0) is 20.7 Å². The van der Waals surface area contributed by atoms with Crippen molar-refractivity contribution in [1.82, 2.24) is 9.47 Å². The molecule has 0 N–H and O–H groups in total. The molecule has 0 bridgehead atoms. The van der Waals surface area contributed by atoms with Gasteiger partial charge in [0.25, 0.3) is 0 Å². The summed E-state index contributed by atoms with van der Waals surface area (Å²) in [4.78, 5) is 41.9. The number of amides is 1. The predicted octanol–water partition coefficient (Wildman–Crippen LogP) is 3.96. The summed E-state index contributed by atoms with van der Waals surface area (Å²) in [6, 6.07) is 16.7. The number of carbonyl (C=O) groups is 3. The van der Waals surface area contributed by atoms with Crippen molar-refractivity contribution < 1.29 is 19.1 Å². The minimum absolute atomic E-state index is 0.00916. The third-order valence-corrected chi connectivity index (χ3v) is 8.43. The molecule has 3 aromatic rings. The van der Waals surface area contributed by atoms with Crippen LogP contribution in [0.2, 0.25) is 0 Å². The van der Waals surface area contributed by atoms with Gasteiger partial charge in [-0.15, -0.1) is 0 Å². The molecule has 2 aliphatic heterocycles. The second-order valence-corrected chi connectivity index (χ2v) is 12.1. The van der Waals surface area contributed by atoms with Crippen molar-refractivity contribution in [2.75, 3.05) is 0 Å². The van der Waals surface area contributed by atoms with Crippen LogP contribution in [0.25, 0.3) is 10.9 Å². The van der Waals surface area contributed by atoms with Crippen molar-refractivity contribution >= 4 is 47.0 Å². The fourth-order valence-electron chi connectivity index (χ4n) is 5.10. The summed E-state index contributed by atoms with van der Waals surface area (Å²) in [7, 11) is 0. The zero-order chi connectivity index (χ0) is 24.0. The van der Waals surface area contributed by atoms with Crippen molar-refractivity contribution in [3.05, 3.63) is 65.9 Å². The van der Waals surface area contributed by atoms with Crippen LogP contribution in [0, 0.1) is 0 Å². The second kappa shape index (κ2) is 8.71. The molecule has 3 heterocycles. The summed E-state index contributed by atoms with van der Waals surface area (Å²) in [5.41, 5.74) is 1.91. The van der Waals surface area contributed by atoms with Crippen LogP contribution in [0.1, 0.15) is 57.3 Å². The zero-order valence-electron chi connectivity index (χ0n) is 19.6. The van der Waals surface area contributed by atoms with E-state index in [9.17, 15) is 14.4 Å². The third-order valence-electron chi connectivity index (χ3n) is 6.37. The van der Waals surface area contributed by atoms with Gasteiger partial charge >= 0.3 is 206 Å². The number of benzene rings is 2. The molecule has 5 rings (SSSR count). The Morgan fingerprint density at radius 1 is 1.03 bits per heavy atom. The van der Waals surface area contributed by atoms with Gasteiger partial charge in [0.15, 0.2) is 0 Å². The number of rotatable bonds is 3. The van der Waals surface area contributed by atoms with Gasteiger partial charge in [-0.1, -0.05) is 0 Å². The Morgan fingerprint density at radius 2 is 1.74 bits per heavy atom. The Morgan fingerprint density at radius 3 is 2.47 bits per heavy atom. The summed E-state index contributed by atoms with van der Waals surface area (Å²) in [5, 5.41) is 0.950. The normalized spacial score (nSPS) is 20.1. The standard InChI is InChI=1S/C27H28N2O4Se/c1-27(2,3)33-26(32)29-20-13-8-7-12-18(20)19-16-22(25(31)34-17-10-5-4-6-11-17)28-21(24(19)29)14-9-15-23(28)30/h4-8,10-13,21-22H,9,14-16H2,1-3H3/t21-,22+/m0/s1. The minimum atomic E-state index is -0.650. The molecule has 1 aromatic heterocycles. The summed E-state index contributed by atoms with van der Waals surface area (Å²) in [6.45, 7) is 5.54. The van der Waals surface area contributed by atoms with E-state index in [0.29, 0.717) is 12.8 Å². The molecule has 1 amide bonds. The van der Waals surface area contributed by atoms with Crippen molar-refractivity contribution in [2.24, 2.45) is 0 Å². The van der Waals surface area contributed by atoms with E-state index in [1.165, 1.54) is 0 Å². The fourth-order valence-corrected chi connectivity index (χ4v) is 6.91. The van der Waals surface area contributed by atoms with E-state index in [0.717, 1.165) is 39.5 Å². The quantitative estimate of drug-likeness (QED) is 0.488. The first-order valence-electron chi connectivity index (χ1n) is 11.7. The Labute approximate surface area is 205 Å². The van der Waals surface area contributed by atoms with E-state index in [1.54, 1.807) is 9.47 Å². The Hall–Kier alpha value is -2.89. The van der Waals surface area contributed by atoms with Crippen molar-refractivity contribution in [1.29, 1.82) is 0 Å². The molecule has 0 spiro atoms. The number of piperidine rings is 1. The molecular weight excluding hydrogens is 495 g/mol. The third kappa shape index (κ3) is 4.08. The van der Waals surface area contributed by atoms with Crippen LogP contribution in [0.15, 0.2) is 54.6 Å². The van der Waals surface area contributed by atoms with Gasteiger partial charge in [-0.25, -0.2) is 0 Å². The molecule has 2 aliphatic rings. The number of hydrogen-bond acceptors (Lipinski definition) is 4. The molecule has 7 heteroatoms. The maximum atomic E-state index is 13.6. The summed E-state index contributed by atoms with van der Waals surface area (Å²) >= 11 is -0.394. The topological polar surface area (TPSA) is 68.6 Å². The van der Waals surface area contributed by atoms with Crippen molar-refractivity contribution in [3.8, 4) is 0 Å². The van der Waals surface area contributed by atoms with Crippen LogP contribution >= 0.6 is 0 Å². The van der Waals surface area contributed by atoms with Crippen LogP contribution in [0.3, 0.4) is 0 Å². The van der Waals surface area contributed by atoms with Gasteiger partial charge in [-0.05, 0) is 0 Å². The maximum absolute atomic E-state index is 13.6. The number of nitrogens with zero attached hydrogens (tertiary/aromatic N) is 2. The number of para-hydroxylation sites is 1. The van der Waals surface area contributed by atoms with Crippen molar-refractivity contribution in [3.63, 3.8) is 0 Å². The molecule has 1 fully saturated rings. The van der Waals surface area contributed by atoms with Gasteiger partial charge < -0.3 is 0 Å². The van der Waals surface area contributed by atoms with Crippen molar-refractivity contribution in [2.45, 2.75) is 64.1 Å². The van der Waals surface area contributed by atoms with E-state index < -0.39 is 32.7 Å². The number of carbonyl (C=O) groups excluding carboxylic acids is 3. The molecule has 34 heavy (non-hydrogen) atoms. The summed E-state index contributed by atoms with van der Waals surface area (Å²) in [6.07, 6.45) is 1.86. The van der Waals surface area contributed by atoms with Gasteiger partial charge in [0.05, 0.1) is 0 Å². The SMILES string of the molecule is CC(C)(C)OC(=O)n1c2c(c3ccccc31)C[C@H](C(=O)[Se]c1ccccc1)N1C(=O)CCC[C@@H]21. The number of fused-ring (bicyclic) bond motifs is 5. The van der Waals surface area contributed by atoms with E-state index in [1.807, 2.05) is 75.4 Å². The molecule has 1 saturated heterocycles. The Balaban J connectivity index is 1.63. The molecule has 0 saturated carbocycles. The monoisotopic (exact) mass is 524 g/mol. The van der Waals surface area contributed by atoms with E-state index in [4.69, 9.17) is 4.74 Å². The molecule has 2 aromatic carbocycles. The van der Waals surface area contributed by atoms with E-state index in [2.05, 4.69) is 0 Å². The summed E-state index contributed by atoms with van der Waals surface area (Å²) < 4.78 is 8.52. The molecule has 176 valence electrons.